The van der Waals surface area contributed by atoms with Crippen molar-refractivity contribution in [2.24, 2.45) is 11.3 Å². The number of rotatable bonds is 7. The lowest BCUT2D eigenvalue weighted by atomic mass is 9.73. The Kier molecular flexibility index (Phi) is 8.84. The van der Waals surface area contributed by atoms with Crippen LogP contribution in [0.5, 0.6) is 0 Å². The van der Waals surface area contributed by atoms with E-state index in [-0.39, 0.29) is 36.8 Å². The van der Waals surface area contributed by atoms with Crippen LogP contribution in [0.15, 0.2) is 28.4 Å². The highest BCUT2D eigenvalue weighted by atomic mass is 35.5. The third-order valence-corrected chi connectivity index (χ3v) is 9.42. The number of alkyl halides is 1. The molecule has 5 rings (SSSR count). The van der Waals surface area contributed by atoms with Crippen LogP contribution in [0.1, 0.15) is 46.2 Å². The molecular weight excluding hydrogens is 571 g/mol. The number of anilines is 2. The molecule has 3 saturated heterocycles. The average Bonchev–Trinajstić information content (AvgIpc) is 3.19. The van der Waals surface area contributed by atoms with Crippen LogP contribution in [0.3, 0.4) is 0 Å². The topological polar surface area (TPSA) is 113 Å². The van der Waals surface area contributed by atoms with Crippen LogP contribution in [0.25, 0.3) is 0 Å². The number of hydrogen-bond acceptors (Lipinski definition) is 10. The molecule has 2 atom stereocenters. The van der Waals surface area contributed by atoms with Gasteiger partial charge in [0.05, 0.1) is 43.3 Å². The molecule has 3 fully saturated rings. The van der Waals surface area contributed by atoms with Crippen molar-refractivity contribution in [1.82, 2.24) is 20.3 Å². The number of aliphatic hydroxyl groups is 1. The van der Waals surface area contributed by atoms with Crippen molar-refractivity contribution in [1.29, 1.82) is 0 Å². The Labute approximate surface area is 249 Å². The smallest absolute Gasteiger partial charge is 0.407 e. The number of amides is 1. The van der Waals surface area contributed by atoms with Gasteiger partial charge in [-0.25, -0.2) is 19.7 Å². The summed E-state index contributed by atoms with van der Waals surface area (Å²) < 4.78 is 24.4. The highest BCUT2D eigenvalue weighted by Gasteiger charge is 2.50. The van der Waals surface area contributed by atoms with Gasteiger partial charge in [-0.3, -0.25) is 4.39 Å². The fourth-order valence-electron chi connectivity index (χ4n) is 5.80. The van der Waals surface area contributed by atoms with E-state index in [2.05, 4.69) is 15.2 Å². The third kappa shape index (κ3) is 6.50. The van der Waals surface area contributed by atoms with Gasteiger partial charge >= 0.3 is 6.09 Å². The van der Waals surface area contributed by atoms with Gasteiger partial charge in [-0.2, -0.15) is 0 Å². The molecule has 0 radical (unpaired) electrons. The van der Waals surface area contributed by atoms with E-state index >= 15 is 0 Å². The lowest BCUT2D eigenvalue weighted by Gasteiger charge is -2.43. The van der Waals surface area contributed by atoms with Crippen molar-refractivity contribution >= 4 is 41.1 Å². The van der Waals surface area contributed by atoms with Crippen LogP contribution >= 0.6 is 23.4 Å². The van der Waals surface area contributed by atoms with Gasteiger partial charge in [-0.05, 0) is 46.6 Å². The van der Waals surface area contributed by atoms with E-state index in [9.17, 15) is 14.3 Å². The van der Waals surface area contributed by atoms with Gasteiger partial charge in [0.15, 0.2) is 5.82 Å². The first kappa shape index (κ1) is 30.1. The van der Waals surface area contributed by atoms with E-state index < -0.39 is 11.7 Å². The molecular formula is C28H38ClFN6O4S. The second-order valence-corrected chi connectivity index (χ2v) is 13.5. The van der Waals surface area contributed by atoms with Crippen molar-refractivity contribution in [3.05, 3.63) is 29.2 Å². The SMILES string of the molecule is C[C@@H]1OCC2(CCN(c3ncc(Sc4ccnc(N5CC(CF)C5)c4Cl)nc3CO)CC2)[C@@H]1NC(=O)OC(C)(C)C. The molecule has 13 heteroatoms. The zero-order valence-corrected chi connectivity index (χ0v) is 25.5. The molecule has 10 nitrogen and oxygen atoms in total. The number of pyridine rings is 1. The number of alkyl carbamates (subject to hydrolysis) is 1. The second-order valence-electron chi connectivity index (χ2n) is 12.1. The Morgan fingerprint density at radius 3 is 2.66 bits per heavy atom. The van der Waals surface area contributed by atoms with Gasteiger partial charge in [0, 0.05) is 48.6 Å². The molecule has 0 saturated carbocycles. The van der Waals surface area contributed by atoms with Crippen LogP contribution in [0.4, 0.5) is 20.8 Å². The number of piperidine rings is 1. The highest BCUT2D eigenvalue weighted by Crippen LogP contribution is 2.44. The van der Waals surface area contributed by atoms with E-state index in [1.165, 1.54) is 11.8 Å². The molecule has 1 amide bonds. The molecule has 2 N–H and O–H groups in total. The summed E-state index contributed by atoms with van der Waals surface area (Å²) in [7, 11) is 0. The van der Waals surface area contributed by atoms with Crippen molar-refractivity contribution < 1.29 is 23.8 Å². The largest absolute Gasteiger partial charge is 0.444 e. The average molecular weight is 609 g/mol. The molecule has 2 aromatic heterocycles. The number of nitrogens with one attached hydrogen (secondary N) is 1. The Morgan fingerprint density at radius 1 is 1.27 bits per heavy atom. The lowest BCUT2D eigenvalue weighted by molar-refractivity contribution is 0.0434. The molecule has 1 spiro atoms. The maximum atomic E-state index is 12.9. The number of aliphatic hydroxyl groups excluding tert-OH is 1. The maximum Gasteiger partial charge on any atom is 0.407 e. The Bertz CT molecular complexity index is 1250. The van der Waals surface area contributed by atoms with E-state index in [4.69, 9.17) is 31.0 Å². The monoisotopic (exact) mass is 608 g/mol. The molecule has 41 heavy (non-hydrogen) atoms. The molecule has 3 aliphatic heterocycles. The zero-order chi connectivity index (χ0) is 29.4. The molecule has 224 valence electrons. The summed E-state index contributed by atoms with van der Waals surface area (Å²) in [5, 5.41) is 14.4. The standard InChI is InChI=1S/C28H38ClFN6O4S/c1-17-23(34-26(38)40-27(2,3)4)28(16-39-17)6-9-35(10-7-28)24-19(15-37)33-21(12-32-24)41-20-5-8-31-25(22(20)29)36-13-18(11-30)14-36/h5,8,12,17-18,23,37H,6-7,9-11,13-16H2,1-4H3,(H,34,38)/t17-,23+/m0/s1. The number of halogens is 2. The normalized spacial score (nSPS) is 22.6. The van der Waals surface area contributed by atoms with Gasteiger partial charge in [0.25, 0.3) is 0 Å². The predicted octanol–water partition coefficient (Wildman–Crippen LogP) is 4.47. The van der Waals surface area contributed by atoms with Crippen molar-refractivity contribution in [3.8, 4) is 0 Å². The van der Waals surface area contributed by atoms with Gasteiger partial charge in [-0.15, -0.1) is 0 Å². The summed E-state index contributed by atoms with van der Waals surface area (Å²) >= 11 is 8.01. The van der Waals surface area contributed by atoms with Gasteiger partial charge < -0.3 is 29.7 Å². The molecule has 3 aliphatic rings. The van der Waals surface area contributed by atoms with E-state index in [1.807, 2.05) is 38.7 Å². The highest BCUT2D eigenvalue weighted by molar-refractivity contribution is 7.99. The van der Waals surface area contributed by atoms with E-state index in [0.29, 0.717) is 60.2 Å². The third-order valence-electron chi connectivity index (χ3n) is 7.97. The van der Waals surface area contributed by atoms with Crippen molar-refractivity contribution in [2.75, 3.05) is 49.3 Å². The summed E-state index contributed by atoms with van der Waals surface area (Å²) in [5.74, 6) is 1.31. The number of nitrogens with zero attached hydrogens (tertiary/aromatic N) is 5. The minimum absolute atomic E-state index is 0.0242. The van der Waals surface area contributed by atoms with Crippen molar-refractivity contribution in [2.45, 2.75) is 74.8 Å². The molecule has 0 bridgehead atoms. The van der Waals surface area contributed by atoms with Crippen LogP contribution in [0, 0.1) is 11.3 Å². The summed E-state index contributed by atoms with van der Waals surface area (Å²) in [6, 6.07) is 1.66. The van der Waals surface area contributed by atoms with Gasteiger partial charge in [-0.1, -0.05) is 23.4 Å². The Balaban J connectivity index is 1.25. The number of carbonyl (C=O) groups is 1. The molecule has 2 aromatic rings. The fraction of sp³-hybridized carbons (Fsp3) is 0.643. The van der Waals surface area contributed by atoms with E-state index in [1.54, 1.807) is 12.4 Å². The minimum atomic E-state index is -0.577. The maximum absolute atomic E-state index is 12.9. The molecule has 0 aliphatic carbocycles. The van der Waals surface area contributed by atoms with Crippen LogP contribution in [0.2, 0.25) is 5.02 Å². The first-order valence-electron chi connectivity index (χ1n) is 14.0. The summed E-state index contributed by atoms with van der Waals surface area (Å²) in [5.41, 5.74) is -0.289. The van der Waals surface area contributed by atoms with E-state index in [0.717, 1.165) is 17.7 Å². The van der Waals surface area contributed by atoms with Crippen LogP contribution in [-0.2, 0) is 16.1 Å². The predicted molar refractivity (Wildman–Crippen MR) is 155 cm³/mol. The van der Waals surface area contributed by atoms with Gasteiger partial charge in [0.1, 0.15) is 22.1 Å². The number of aromatic nitrogens is 3. The number of carbonyl (C=O) groups excluding carboxylic acids is 1. The molecule has 5 heterocycles. The lowest BCUT2D eigenvalue weighted by Crippen LogP contribution is -2.55. The zero-order valence-electron chi connectivity index (χ0n) is 23.9. The minimum Gasteiger partial charge on any atom is -0.444 e. The first-order valence-corrected chi connectivity index (χ1v) is 15.2. The summed E-state index contributed by atoms with van der Waals surface area (Å²) in [6.07, 6.45) is 4.40. The molecule has 0 aromatic carbocycles. The van der Waals surface area contributed by atoms with Gasteiger partial charge in [0.2, 0.25) is 0 Å². The second kappa shape index (κ2) is 12.1. The van der Waals surface area contributed by atoms with Crippen LogP contribution in [-0.4, -0.2) is 83.4 Å². The molecule has 0 unspecified atom stereocenters. The number of hydrogen-bond donors (Lipinski definition) is 2. The number of ether oxygens (including phenoxy) is 2. The fourth-order valence-corrected chi connectivity index (χ4v) is 6.94. The summed E-state index contributed by atoms with van der Waals surface area (Å²) in [4.78, 5) is 31.2. The summed E-state index contributed by atoms with van der Waals surface area (Å²) in [6.45, 7) is 10.1. The van der Waals surface area contributed by atoms with Crippen molar-refractivity contribution in [3.63, 3.8) is 0 Å². The Hall–Kier alpha value is -2.41. The quantitative estimate of drug-likeness (QED) is 0.467. The van der Waals surface area contributed by atoms with Crippen LogP contribution < -0.4 is 15.1 Å². The first-order chi connectivity index (χ1) is 19.5. The Morgan fingerprint density at radius 2 is 2.00 bits per heavy atom.